The molecule has 0 radical (unpaired) electrons. The summed E-state index contributed by atoms with van der Waals surface area (Å²) in [5, 5.41) is 16.4. The highest BCUT2D eigenvalue weighted by Gasteiger charge is 2.33. The maximum Gasteiger partial charge on any atom is 0.317 e. The molecule has 3 rings (SSSR count). The van der Waals surface area contributed by atoms with Crippen LogP contribution in [0.3, 0.4) is 0 Å². The number of carbonyl (C=O) groups is 1. The van der Waals surface area contributed by atoms with E-state index >= 15 is 0 Å². The summed E-state index contributed by atoms with van der Waals surface area (Å²) in [6.07, 6.45) is 0.915. The van der Waals surface area contributed by atoms with Gasteiger partial charge in [0, 0.05) is 18.7 Å². The molecule has 1 saturated heterocycles. The summed E-state index contributed by atoms with van der Waals surface area (Å²) in [7, 11) is 0. The van der Waals surface area contributed by atoms with Gasteiger partial charge in [-0.3, -0.25) is 0 Å². The number of nitrogens with zero attached hydrogens (tertiary/aromatic N) is 3. The molecule has 7 heteroatoms. The molecular weight excluding hydrogens is 320 g/mol. The molecule has 1 aliphatic rings. The number of hydrogen-bond acceptors (Lipinski definition) is 5. The minimum Gasteiger partial charge on any atom is -0.394 e. The third kappa shape index (κ3) is 3.82. The molecule has 1 fully saturated rings. The molecule has 2 aromatic rings. The van der Waals surface area contributed by atoms with E-state index in [1.54, 1.807) is 4.90 Å². The van der Waals surface area contributed by atoms with Gasteiger partial charge in [0.1, 0.15) is 0 Å². The number of aromatic nitrogens is 2. The Labute approximate surface area is 147 Å². The molecule has 0 bridgehead atoms. The second-order valence-electron chi connectivity index (χ2n) is 6.62. The average Bonchev–Trinajstić information content (AvgIpc) is 3.27. The van der Waals surface area contributed by atoms with Crippen LogP contribution in [0, 0.1) is 5.92 Å². The SMILES string of the molecule is C[C@H](CNC(=O)N1CC[C@@H](C)[C@H]1CO)c1nc(-c2ccccc2)no1. The molecule has 2 heterocycles. The molecule has 1 aromatic heterocycles. The van der Waals surface area contributed by atoms with E-state index in [9.17, 15) is 9.90 Å². The van der Waals surface area contributed by atoms with Crippen molar-refractivity contribution in [3.05, 3.63) is 36.2 Å². The van der Waals surface area contributed by atoms with E-state index in [4.69, 9.17) is 4.52 Å². The van der Waals surface area contributed by atoms with Gasteiger partial charge < -0.3 is 19.8 Å². The normalized spacial score (nSPS) is 21.3. The lowest BCUT2D eigenvalue weighted by molar-refractivity contribution is 0.143. The van der Waals surface area contributed by atoms with Crippen molar-refractivity contribution < 1.29 is 14.4 Å². The van der Waals surface area contributed by atoms with Crippen LogP contribution in [-0.4, -0.2) is 51.9 Å². The monoisotopic (exact) mass is 344 g/mol. The first kappa shape index (κ1) is 17.4. The second kappa shape index (κ2) is 7.65. The van der Waals surface area contributed by atoms with Crippen molar-refractivity contribution in [2.24, 2.45) is 5.92 Å². The molecule has 25 heavy (non-hydrogen) atoms. The first-order valence-electron chi connectivity index (χ1n) is 8.64. The predicted octanol–water partition coefficient (Wildman–Crippen LogP) is 2.25. The third-order valence-corrected chi connectivity index (χ3v) is 4.79. The maximum atomic E-state index is 12.4. The van der Waals surface area contributed by atoms with Crippen molar-refractivity contribution in [1.29, 1.82) is 0 Å². The Morgan fingerprint density at radius 2 is 2.20 bits per heavy atom. The van der Waals surface area contributed by atoms with Gasteiger partial charge in [-0.15, -0.1) is 0 Å². The Morgan fingerprint density at radius 3 is 2.92 bits per heavy atom. The Kier molecular flexibility index (Phi) is 5.33. The maximum absolute atomic E-state index is 12.4. The van der Waals surface area contributed by atoms with Gasteiger partial charge >= 0.3 is 6.03 Å². The van der Waals surface area contributed by atoms with Gasteiger partial charge in [-0.1, -0.05) is 49.3 Å². The number of amides is 2. The molecule has 2 amide bonds. The van der Waals surface area contributed by atoms with Gasteiger partial charge in [0.15, 0.2) is 0 Å². The standard InChI is InChI=1S/C18H24N4O3/c1-12-8-9-22(15(12)11-23)18(24)19-10-13(2)17-20-16(21-25-17)14-6-4-3-5-7-14/h3-7,12-13,15,23H,8-11H2,1-2H3,(H,19,24)/t12-,13-,15-/m1/s1. The average molecular weight is 344 g/mol. The fourth-order valence-electron chi connectivity index (χ4n) is 3.11. The zero-order valence-electron chi connectivity index (χ0n) is 14.6. The van der Waals surface area contributed by atoms with Gasteiger partial charge in [-0.2, -0.15) is 4.98 Å². The van der Waals surface area contributed by atoms with Crippen molar-refractivity contribution in [2.45, 2.75) is 32.2 Å². The van der Waals surface area contributed by atoms with E-state index in [0.29, 0.717) is 30.7 Å². The molecule has 1 aromatic carbocycles. The number of hydrogen-bond donors (Lipinski definition) is 2. The number of urea groups is 1. The Balaban J connectivity index is 1.57. The van der Waals surface area contributed by atoms with Crippen LogP contribution in [0.25, 0.3) is 11.4 Å². The lowest BCUT2D eigenvalue weighted by atomic mass is 10.0. The highest BCUT2D eigenvalue weighted by atomic mass is 16.5. The lowest BCUT2D eigenvalue weighted by Gasteiger charge is -2.25. The summed E-state index contributed by atoms with van der Waals surface area (Å²) >= 11 is 0. The van der Waals surface area contributed by atoms with Crippen LogP contribution in [0.2, 0.25) is 0 Å². The van der Waals surface area contributed by atoms with E-state index in [-0.39, 0.29) is 24.6 Å². The van der Waals surface area contributed by atoms with Gasteiger partial charge in [0.05, 0.1) is 18.6 Å². The number of aliphatic hydroxyl groups excluding tert-OH is 1. The molecule has 1 aliphatic heterocycles. The van der Waals surface area contributed by atoms with Crippen LogP contribution in [0.5, 0.6) is 0 Å². The number of benzene rings is 1. The fraction of sp³-hybridized carbons (Fsp3) is 0.500. The molecule has 0 unspecified atom stereocenters. The molecule has 2 N–H and O–H groups in total. The minimum absolute atomic E-state index is 0.00572. The highest BCUT2D eigenvalue weighted by molar-refractivity contribution is 5.75. The van der Waals surface area contributed by atoms with Crippen molar-refractivity contribution in [2.75, 3.05) is 19.7 Å². The van der Waals surface area contributed by atoms with E-state index in [1.165, 1.54) is 0 Å². The number of rotatable bonds is 5. The molecule has 3 atom stereocenters. The highest BCUT2D eigenvalue weighted by Crippen LogP contribution is 2.24. The second-order valence-corrected chi connectivity index (χ2v) is 6.62. The number of nitrogens with one attached hydrogen (secondary N) is 1. The van der Waals surface area contributed by atoms with Crippen molar-refractivity contribution in [3.63, 3.8) is 0 Å². The molecule has 134 valence electrons. The van der Waals surface area contributed by atoms with Crippen LogP contribution in [-0.2, 0) is 0 Å². The van der Waals surface area contributed by atoms with Crippen LogP contribution < -0.4 is 5.32 Å². The summed E-state index contributed by atoms with van der Waals surface area (Å²) in [5.74, 6) is 1.26. The molecule has 7 nitrogen and oxygen atoms in total. The first-order chi connectivity index (χ1) is 12.1. The van der Waals surface area contributed by atoms with Crippen molar-refractivity contribution in [1.82, 2.24) is 20.4 Å². The summed E-state index contributed by atoms with van der Waals surface area (Å²) in [5.41, 5.74) is 0.894. The number of likely N-dealkylation sites (tertiary alicyclic amines) is 1. The van der Waals surface area contributed by atoms with E-state index in [0.717, 1.165) is 12.0 Å². The molecule has 0 saturated carbocycles. The minimum atomic E-state index is -0.155. The molecule has 0 spiro atoms. The smallest absolute Gasteiger partial charge is 0.317 e. The quantitative estimate of drug-likeness (QED) is 0.868. The van der Waals surface area contributed by atoms with Crippen molar-refractivity contribution in [3.8, 4) is 11.4 Å². The zero-order valence-corrected chi connectivity index (χ0v) is 14.6. The first-order valence-corrected chi connectivity index (χ1v) is 8.64. The molecular formula is C18H24N4O3. The van der Waals surface area contributed by atoms with Gasteiger partial charge in [0.2, 0.25) is 11.7 Å². The summed E-state index contributed by atoms with van der Waals surface area (Å²) in [6.45, 7) is 5.05. The van der Waals surface area contributed by atoms with Crippen LogP contribution in [0.1, 0.15) is 32.1 Å². The van der Waals surface area contributed by atoms with E-state index in [2.05, 4.69) is 22.4 Å². The fourth-order valence-corrected chi connectivity index (χ4v) is 3.11. The summed E-state index contributed by atoms with van der Waals surface area (Å²) < 4.78 is 5.33. The number of aliphatic hydroxyl groups is 1. The topological polar surface area (TPSA) is 91.5 Å². The van der Waals surface area contributed by atoms with E-state index in [1.807, 2.05) is 37.3 Å². The van der Waals surface area contributed by atoms with Gasteiger partial charge in [0.25, 0.3) is 0 Å². The largest absolute Gasteiger partial charge is 0.394 e. The van der Waals surface area contributed by atoms with E-state index < -0.39 is 0 Å². The molecule has 0 aliphatic carbocycles. The van der Waals surface area contributed by atoms with Crippen LogP contribution in [0.15, 0.2) is 34.9 Å². The third-order valence-electron chi connectivity index (χ3n) is 4.79. The van der Waals surface area contributed by atoms with Crippen LogP contribution in [0.4, 0.5) is 4.79 Å². The predicted molar refractivity (Wildman–Crippen MR) is 92.9 cm³/mol. The van der Waals surface area contributed by atoms with Crippen LogP contribution >= 0.6 is 0 Å². The Bertz CT molecular complexity index is 703. The summed E-state index contributed by atoms with van der Waals surface area (Å²) in [6, 6.07) is 9.35. The Hall–Kier alpha value is -2.41. The Morgan fingerprint density at radius 1 is 1.44 bits per heavy atom. The van der Waals surface area contributed by atoms with Gasteiger partial charge in [-0.25, -0.2) is 4.79 Å². The number of carbonyl (C=O) groups excluding carboxylic acids is 1. The van der Waals surface area contributed by atoms with Gasteiger partial charge in [-0.05, 0) is 12.3 Å². The summed E-state index contributed by atoms with van der Waals surface area (Å²) in [4.78, 5) is 18.5. The lowest BCUT2D eigenvalue weighted by Crippen LogP contribution is -2.46. The zero-order chi connectivity index (χ0) is 17.8. The van der Waals surface area contributed by atoms with Crippen molar-refractivity contribution >= 4 is 6.03 Å².